The maximum Gasteiger partial charge on any atom is 0.268 e. The third kappa shape index (κ3) is 2.97. The molecule has 1 aromatic carbocycles. The Morgan fingerprint density at radius 1 is 1.19 bits per heavy atom. The molecular formula is C16H19N3O2. The minimum atomic E-state index is -0.232. The summed E-state index contributed by atoms with van der Waals surface area (Å²) >= 11 is 0. The van der Waals surface area contributed by atoms with Crippen molar-refractivity contribution in [3.8, 4) is 0 Å². The zero-order valence-corrected chi connectivity index (χ0v) is 11.8. The maximum atomic E-state index is 12.3. The Morgan fingerprint density at radius 3 is 2.67 bits per heavy atom. The molecule has 1 aliphatic carbocycles. The molecule has 0 saturated heterocycles. The summed E-state index contributed by atoms with van der Waals surface area (Å²) in [5, 5.41) is 4.35. The van der Waals surface area contributed by atoms with Gasteiger partial charge >= 0.3 is 0 Å². The van der Waals surface area contributed by atoms with Gasteiger partial charge in [0.2, 0.25) is 0 Å². The van der Waals surface area contributed by atoms with Gasteiger partial charge in [0, 0.05) is 17.5 Å². The van der Waals surface area contributed by atoms with Crippen LogP contribution in [0.5, 0.6) is 0 Å². The molecule has 110 valence electrons. The molecule has 0 radical (unpaired) electrons. The maximum absolute atomic E-state index is 12.3. The number of hydrogen-bond donors (Lipinski definition) is 3. The van der Waals surface area contributed by atoms with Gasteiger partial charge in [-0.2, -0.15) is 0 Å². The zero-order chi connectivity index (χ0) is 14.8. The quantitative estimate of drug-likeness (QED) is 0.782. The Labute approximate surface area is 122 Å². The molecule has 1 aliphatic rings. The Kier molecular flexibility index (Phi) is 3.75. The van der Waals surface area contributed by atoms with Crippen molar-refractivity contribution in [2.24, 2.45) is 5.73 Å². The van der Waals surface area contributed by atoms with E-state index in [4.69, 9.17) is 5.73 Å². The van der Waals surface area contributed by atoms with Gasteiger partial charge in [-0.25, -0.2) is 0 Å². The lowest BCUT2D eigenvalue weighted by atomic mass is 9.92. The SMILES string of the molecule is NC1CCC(NC(=O)c2cc3ccccc3c(=O)[nH]2)CC1. The second-order valence-electron chi connectivity index (χ2n) is 5.68. The van der Waals surface area contributed by atoms with Crippen molar-refractivity contribution < 1.29 is 4.79 Å². The van der Waals surface area contributed by atoms with Crippen LogP contribution in [0.3, 0.4) is 0 Å². The topological polar surface area (TPSA) is 88.0 Å². The number of fused-ring (bicyclic) bond motifs is 1. The lowest BCUT2D eigenvalue weighted by Crippen LogP contribution is -2.41. The highest BCUT2D eigenvalue weighted by Gasteiger charge is 2.21. The average Bonchev–Trinajstić information content (AvgIpc) is 2.49. The van der Waals surface area contributed by atoms with E-state index in [-0.39, 0.29) is 23.6 Å². The second-order valence-corrected chi connectivity index (χ2v) is 5.68. The van der Waals surface area contributed by atoms with Crippen molar-refractivity contribution in [2.75, 3.05) is 0 Å². The predicted molar refractivity (Wildman–Crippen MR) is 82.3 cm³/mol. The average molecular weight is 285 g/mol. The Balaban J connectivity index is 1.80. The predicted octanol–water partition coefficient (Wildman–Crippen LogP) is 1.53. The minimum Gasteiger partial charge on any atom is -0.348 e. The zero-order valence-electron chi connectivity index (χ0n) is 11.8. The van der Waals surface area contributed by atoms with E-state index < -0.39 is 0 Å². The molecule has 0 atom stereocenters. The summed E-state index contributed by atoms with van der Waals surface area (Å²) in [6.45, 7) is 0. The minimum absolute atomic E-state index is 0.146. The lowest BCUT2D eigenvalue weighted by Gasteiger charge is -2.26. The van der Waals surface area contributed by atoms with E-state index >= 15 is 0 Å². The van der Waals surface area contributed by atoms with E-state index in [1.165, 1.54) is 0 Å². The van der Waals surface area contributed by atoms with E-state index in [9.17, 15) is 9.59 Å². The molecule has 21 heavy (non-hydrogen) atoms. The fourth-order valence-electron chi connectivity index (χ4n) is 2.86. The number of aromatic nitrogens is 1. The first-order valence-corrected chi connectivity index (χ1v) is 7.32. The molecule has 5 nitrogen and oxygen atoms in total. The van der Waals surface area contributed by atoms with Crippen molar-refractivity contribution in [1.82, 2.24) is 10.3 Å². The first kappa shape index (κ1) is 13.8. The fourth-order valence-corrected chi connectivity index (χ4v) is 2.86. The van der Waals surface area contributed by atoms with Crippen LogP contribution in [0, 0.1) is 0 Å². The second kappa shape index (κ2) is 5.69. The van der Waals surface area contributed by atoms with Crippen LogP contribution < -0.4 is 16.6 Å². The number of rotatable bonds is 2. The number of nitrogens with two attached hydrogens (primary N) is 1. The summed E-state index contributed by atoms with van der Waals surface area (Å²) in [6.07, 6.45) is 3.65. The molecule has 0 unspecified atom stereocenters. The molecule has 5 heteroatoms. The van der Waals surface area contributed by atoms with Crippen molar-refractivity contribution in [1.29, 1.82) is 0 Å². The van der Waals surface area contributed by atoms with E-state index in [2.05, 4.69) is 10.3 Å². The summed E-state index contributed by atoms with van der Waals surface area (Å²) in [5.74, 6) is -0.224. The number of amides is 1. The van der Waals surface area contributed by atoms with Crippen LogP contribution in [0.2, 0.25) is 0 Å². The molecule has 1 aromatic heterocycles. The lowest BCUT2D eigenvalue weighted by molar-refractivity contribution is 0.0920. The van der Waals surface area contributed by atoms with Gasteiger partial charge in [0.1, 0.15) is 5.69 Å². The monoisotopic (exact) mass is 285 g/mol. The van der Waals surface area contributed by atoms with Crippen LogP contribution in [-0.2, 0) is 0 Å². The molecule has 0 aliphatic heterocycles. The van der Waals surface area contributed by atoms with Crippen molar-refractivity contribution in [3.63, 3.8) is 0 Å². The number of pyridine rings is 1. The normalized spacial score (nSPS) is 22.1. The van der Waals surface area contributed by atoms with Gasteiger partial charge in [0.15, 0.2) is 0 Å². The highest BCUT2D eigenvalue weighted by molar-refractivity contribution is 5.96. The summed E-state index contributed by atoms with van der Waals surface area (Å²) in [5.41, 5.74) is 5.94. The van der Waals surface area contributed by atoms with Crippen LogP contribution in [0.4, 0.5) is 0 Å². The molecular weight excluding hydrogens is 266 g/mol. The Morgan fingerprint density at radius 2 is 1.90 bits per heavy atom. The summed E-state index contributed by atoms with van der Waals surface area (Å²) in [6, 6.07) is 9.36. The number of carbonyl (C=O) groups excluding carboxylic acids is 1. The van der Waals surface area contributed by atoms with Crippen LogP contribution in [0.25, 0.3) is 10.8 Å². The molecule has 1 heterocycles. The van der Waals surface area contributed by atoms with Crippen LogP contribution in [-0.4, -0.2) is 23.0 Å². The Hall–Kier alpha value is -2.14. The number of nitrogens with one attached hydrogen (secondary N) is 2. The third-order valence-electron chi connectivity index (χ3n) is 4.11. The number of carbonyl (C=O) groups is 1. The van der Waals surface area contributed by atoms with Gasteiger partial charge in [-0.1, -0.05) is 18.2 Å². The van der Waals surface area contributed by atoms with E-state index in [1.54, 1.807) is 12.1 Å². The van der Waals surface area contributed by atoms with E-state index in [0.717, 1.165) is 31.1 Å². The molecule has 0 spiro atoms. The van der Waals surface area contributed by atoms with Crippen LogP contribution in [0.1, 0.15) is 36.2 Å². The number of hydrogen-bond acceptors (Lipinski definition) is 3. The van der Waals surface area contributed by atoms with Gasteiger partial charge in [-0.05, 0) is 43.2 Å². The van der Waals surface area contributed by atoms with Gasteiger partial charge < -0.3 is 16.0 Å². The van der Waals surface area contributed by atoms with E-state index in [0.29, 0.717) is 11.1 Å². The molecule has 0 bridgehead atoms. The van der Waals surface area contributed by atoms with Gasteiger partial charge in [0.05, 0.1) is 0 Å². The first-order chi connectivity index (χ1) is 10.1. The smallest absolute Gasteiger partial charge is 0.268 e. The molecule has 1 fully saturated rings. The molecule has 1 amide bonds. The fraction of sp³-hybridized carbons (Fsp3) is 0.375. The standard InChI is InChI=1S/C16H19N3O2/c17-11-5-7-12(8-6-11)18-16(21)14-9-10-3-1-2-4-13(10)15(20)19-14/h1-4,9,11-12H,5-8,17H2,(H,18,21)(H,19,20). The Bertz CT molecular complexity index is 715. The largest absolute Gasteiger partial charge is 0.348 e. The molecule has 4 N–H and O–H groups in total. The van der Waals surface area contributed by atoms with Crippen LogP contribution >= 0.6 is 0 Å². The van der Waals surface area contributed by atoms with Crippen molar-refractivity contribution in [2.45, 2.75) is 37.8 Å². The molecule has 3 rings (SSSR count). The van der Waals surface area contributed by atoms with Gasteiger partial charge in [-0.15, -0.1) is 0 Å². The number of benzene rings is 1. The summed E-state index contributed by atoms with van der Waals surface area (Å²) < 4.78 is 0. The highest BCUT2D eigenvalue weighted by atomic mass is 16.2. The number of aromatic amines is 1. The highest BCUT2D eigenvalue weighted by Crippen LogP contribution is 2.17. The van der Waals surface area contributed by atoms with Crippen molar-refractivity contribution >= 4 is 16.7 Å². The third-order valence-corrected chi connectivity index (χ3v) is 4.11. The molecule has 2 aromatic rings. The molecule has 1 saturated carbocycles. The van der Waals surface area contributed by atoms with E-state index in [1.807, 2.05) is 18.2 Å². The number of H-pyrrole nitrogens is 1. The van der Waals surface area contributed by atoms with Gasteiger partial charge in [0.25, 0.3) is 11.5 Å². The first-order valence-electron chi connectivity index (χ1n) is 7.32. The summed E-state index contributed by atoms with van der Waals surface area (Å²) in [7, 11) is 0. The van der Waals surface area contributed by atoms with Crippen LogP contribution in [0.15, 0.2) is 35.1 Å². The van der Waals surface area contributed by atoms with Crippen molar-refractivity contribution in [3.05, 3.63) is 46.4 Å². The summed E-state index contributed by atoms with van der Waals surface area (Å²) in [4.78, 5) is 26.9. The van der Waals surface area contributed by atoms with Gasteiger partial charge in [-0.3, -0.25) is 9.59 Å².